The summed E-state index contributed by atoms with van der Waals surface area (Å²) < 4.78 is 22.6. The number of pyridine rings is 1. The van der Waals surface area contributed by atoms with Gasteiger partial charge in [-0.2, -0.15) is 0 Å². The van der Waals surface area contributed by atoms with E-state index in [-0.39, 0.29) is 16.4 Å². The minimum Gasteiger partial charge on any atom is -0.332 e. The maximum atomic E-state index is 11.3. The minimum absolute atomic E-state index is 0.0712. The molecule has 1 spiro atoms. The molecule has 1 atom stereocenters. The predicted octanol–water partition coefficient (Wildman–Crippen LogP) is 1.25. The molecule has 1 saturated carbocycles. The van der Waals surface area contributed by atoms with Gasteiger partial charge in [-0.15, -0.1) is 0 Å². The molecule has 2 aromatic heterocycles. The Bertz CT molecular complexity index is 819. The zero-order chi connectivity index (χ0) is 16.1. The van der Waals surface area contributed by atoms with E-state index in [9.17, 15) is 8.42 Å². The molecule has 2 aliphatic rings. The standard InChI is InChI=1S/C15H17N5O2S/c16-23(21,22)12-8-18-14(19-9-12)20-10-15(4-2-5-15)13(20)11-3-1-6-17-7-11/h1,3,6-9,13H,2,4-5,10H2,(H2,16,21,22). The van der Waals surface area contributed by atoms with Gasteiger partial charge in [-0.1, -0.05) is 12.5 Å². The van der Waals surface area contributed by atoms with Crippen LogP contribution in [-0.4, -0.2) is 29.9 Å². The molecule has 4 rings (SSSR count). The van der Waals surface area contributed by atoms with Gasteiger partial charge in [0.2, 0.25) is 16.0 Å². The largest absolute Gasteiger partial charge is 0.332 e. The zero-order valence-corrected chi connectivity index (χ0v) is 13.3. The fourth-order valence-corrected chi connectivity index (χ4v) is 4.06. The van der Waals surface area contributed by atoms with Gasteiger partial charge in [0.05, 0.1) is 18.4 Å². The van der Waals surface area contributed by atoms with Crippen LogP contribution < -0.4 is 10.0 Å². The average Bonchev–Trinajstić information content (AvgIpc) is 2.45. The number of primary sulfonamides is 1. The molecule has 1 unspecified atom stereocenters. The maximum absolute atomic E-state index is 11.3. The van der Waals surface area contributed by atoms with Crippen molar-refractivity contribution >= 4 is 16.0 Å². The molecule has 0 radical (unpaired) electrons. The van der Waals surface area contributed by atoms with Crippen molar-refractivity contribution in [2.45, 2.75) is 30.2 Å². The van der Waals surface area contributed by atoms with Gasteiger partial charge in [-0.3, -0.25) is 4.98 Å². The van der Waals surface area contributed by atoms with E-state index in [1.807, 2.05) is 12.3 Å². The molecule has 2 aromatic rings. The highest BCUT2D eigenvalue weighted by molar-refractivity contribution is 7.89. The minimum atomic E-state index is -3.77. The topological polar surface area (TPSA) is 102 Å². The molecular formula is C15H17N5O2S. The van der Waals surface area contributed by atoms with Gasteiger partial charge in [-0.25, -0.2) is 23.5 Å². The zero-order valence-electron chi connectivity index (χ0n) is 12.5. The number of nitrogens with two attached hydrogens (primary N) is 1. The van der Waals surface area contributed by atoms with Crippen molar-refractivity contribution < 1.29 is 8.42 Å². The second kappa shape index (κ2) is 4.97. The summed E-state index contributed by atoms with van der Waals surface area (Å²) in [6.45, 7) is 0.890. The third-order valence-electron chi connectivity index (χ3n) is 4.93. The Labute approximate surface area is 134 Å². The highest BCUT2D eigenvalue weighted by atomic mass is 32.2. The van der Waals surface area contributed by atoms with Crippen molar-refractivity contribution in [2.75, 3.05) is 11.4 Å². The third-order valence-corrected chi connectivity index (χ3v) is 5.79. The highest BCUT2D eigenvalue weighted by Crippen LogP contribution is 2.60. The van der Waals surface area contributed by atoms with Crippen molar-refractivity contribution in [3.05, 3.63) is 42.5 Å². The van der Waals surface area contributed by atoms with Gasteiger partial charge < -0.3 is 4.90 Å². The molecule has 1 saturated heterocycles. The summed E-state index contributed by atoms with van der Waals surface area (Å²) in [7, 11) is -3.77. The fourth-order valence-electron chi connectivity index (χ4n) is 3.66. The summed E-state index contributed by atoms with van der Waals surface area (Å²) in [6.07, 6.45) is 9.81. The van der Waals surface area contributed by atoms with Crippen LogP contribution in [0.1, 0.15) is 30.9 Å². The Morgan fingerprint density at radius 3 is 2.48 bits per heavy atom. The molecule has 0 aromatic carbocycles. The van der Waals surface area contributed by atoms with E-state index in [2.05, 4.69) is 25.9 Å². The van der Waals surface area contributed by atoms with E-state index in [4.69, 9.17) is 5.14 Å². The van der Waals surface area contributed by atoms with E-state index in [1.54, 1.807) is 6.20 Å². The molecule has 1 aliphatic carbocycles. The Morgan fingerprint density at radius 1 is 1.22 bits per heavy atom. The van der Waals surface area contributed by atoms with Crippen LogP contribution in [0.25, 0.3) is 0 Å². The van der Waals surface area contributed by atoms with Crippen LogP contribution in [0, 0.1) is 5.41 Å². The van der Waals surface area contributed by atoms with E-state index < -0.39 is 10.0 Å². The van der Waals surface area contributed by atoms with Crippen LogP contribution in [-0.2, 0) is 10.0 Å². The smallest absolute Gasteiger partial charge is 0.241 e. The van der Waals surface area contributed by atoms with E-state index in [0.29, 0.717) is 5.95 Å². The number of hydrogen-bond donors (Lipinski definition) is 1. The van der Waals surface area contributed by atoms with E-state index in [0.717, 1.165) is 12.1 Å². The average molecular weight is 331 g/mol. The summed E-state index contributed by atoms with van der Waals surface area (Å²) >= 11 is 0. The molecule has 0 bridgehead atoms. The molecule has 2 fully saturated rings. The van der Waals surface area contributed by atoms with E-state index >= 15 is 0 Å². The first-order valence-electron chi connectivity index (χ1n) is 7.51. The monoisotopic (exact) mass is 331 g/mol. The van der Waals surface area contributed by atoms with Gasteiger partial charge >= 0.3 is 0 Å². The summed E-state index contributed by atoms with van der Waals surface area (Å²) in [5.74, 6) is 0.531. The van der Waals surface area contributed by atoms with Crippen molar-refractivity contribution in [2.24, 2.45) is 10.6 Å². The molecule has 3 heterocycles. The quantitative estimate of drug-likeness (QED) is 0.908. The first-order chi connectivity index (χ1) is 11.0. The molecular weight excluding hydrogens is 314 g/mol. The second-order valence-corrected chi connectivity index (χ2v) is 7.86. The first-order valence-corrected chi connectivity index (χ1v) is 9.06. The Hall–Kier alpha value is -2.06. The number of hydrogen-bond acceptors (Lipinski definition) is 6. The molecule has 120 valence electrons. The van der Waals surface area contributed by atoms with Crippen LogP contribution in [0.4, 0.5) is 5.95 Å². The second-order valence-electron chi connectivity index (χ2n) is 6.30. The Morgan fingerprint density at radius 2 is 1.96 bits per heavy atom. The van der Waals surface area contributed by atoms with Gasteiger partial charge in [0.15, 0.2) is 0 Å². The molecule has 7 nitrogen and oxygen atoms in total. The summed E-state index contributed by atoms with van der Waals surface area (Å²) in [6, 6.07) is 4.21. The fraction of sp³-hybridized carbons (Fsp3) is 0.400. The number of aromatic nitrogens is 3. The lowest BCUT2D eigenvalue weighted by Gasteiger charge is -2.62. The maximum Gasteiger partial charge on any atom is 0.241 e. The third kappa shape index (κ3) is 2.29. The summed E-state index contributed by atoms with van der Waals surface area (Å²) in [4.78, 5) is 14.7. The lowest BCUT2D eigenvalue weighted by atomic mass is 9.57. The molecule has 1 aliphatic heterocycles. The number of anilines is 1. The van der Waals surface area contributed by atoms with Crippen LogP contribution in [0.5, 0.6) is 0 Å². The summed E-state index contributed by atoms with van der Waals surface area (Å²) in [5, 5.41) is 5.09. The number of nitrogens with zero attached hydrogens (tertiary/aromatic N) is 4. The number of rotatable bonds is 3. The predicted molar refractivity (Wildman–Crippen MR) is 84.0 cm³/mol. The van der Waals surface area contributed by atoms with Crippen LogP contribution >= 0.6 is 0 Å². The van der Waals surface area contributed by atoms with Crippen LogP contribution in [0.2, 0.25) is 0 Å². The normalized spacial score (nSPS) is 22.5. The van der Waals surface area contributed by atoms with Gasteiger partial charge in [0, 0.05) is 24.4 Å². The van der Waals surface area contributed by atoms with Crippen molar-refractivity contribution in [1.29, 1.82) is 0 Å². The highest BCUT2D eigenvalue weighted by Gasteiger charge is 2.57. The molecule has 8 heteroatoms. The molecule has 2 N–H and O–H groups in total. The molecule has 0 amide bonds. The SMILES string of the molecule is NS(=O)(=O)c1cnc(N2CC3(CCC3)C2c2cccnc2)nc1. The Kier molecular flexibility index (Phi) is 3.14. The van der Waals surface area contributed by atoms with Crippen molar-refractivity contribution in [3.8, 4) is 0 Å². The van der Waals surface area contributed by atoms with Crippen LogP contribution in [0.15, 0.2) is 41.8 Å². The summed E-state index contributed by atoms with van der Waals surface area (Å²) in [5.41, 5.74) is 1.43. The molecule has 23 heavy (non-hydrogen) atoms. The van der Waals surface area contributed by atoms with E-state index in [1.165, 1.54) is 31.7 Å². The Balaban J connectivity index is 1.66. The van der Waals surface area contributed by atoms with Crippen molar-refractivity contribution in [3.63, 3.8) is 0 Å². The van der Waals surface area contributed by atoms with Crippen molar-refractivity contribution in [1.82, 2.24) is 15.0 Å². The lowest BCUT2D eigenvalue weighted by molar-refractivity contribution is 0.0266. The number of sulfonamides is 1. The van der Waals surface area contributed by atoms with Gasteiger partial charge in [0.1, 0.15) is 4.90 Å². The van der Waals surface area contributed by atoms with Gasteiger partial charge in [0.25, 0.3) is 0 Å². The van der Waals surface area contributed by atoms with Crippen LogP contribution in [0.3, 0.4) is 0 Å². The first kappa shape index (κ1) is 14.5. The van der Waals surface area contributed by atoms with Gasteiger partial charge in [-0.05, 0) is 24.5 Å². The lowest BCUT2D eigenvalue weighted by Crippen LogP contribution is -2.62.